The predicted octanol–water partition coefficient (Wildman–Crippen LogP) is 2.55. The molecule has 1 aliphatic rings. The number of rotatable bonds is 7. The zero-order chi connectivity index (χ0) is 20.9. The number of nitrogens with zero attached hydrogens (tertiary/aromatic N) is 1. The van der Waals surface area contributed by atoms with Gasteiger partial charge in [-0.2, -0.15) is 0 Å². The number of carbonyl (C=O) groups excluding carboxylic acids is 1. The third-order valence-electron chi connectivity index (χ3n) is 5.03. The summed E-state index contributed by atoms with van der Waals surface area (Å²) in [5.74, 6) is 1.66. The van der Waals surface area contributed by atoms with Crippen LogP contribution in [0.2, 0.25) is 0 Å². The Bertz CT molecular complexity index is 934. The largest absolute Gasteiger partial charge is 0.497 e. The first-order chi connectivity index (χ1) is 13.9. The van der Waals surface area contributed by atoms with Crippen LogP contribution in [-0.4, -0.2) is 58.4 Å². The van der Waals surface area contributed by atoms with E-state index >= 15 is 0 Å². The van der Waals surface area contributed by atoms with Gasteiger partial charge in [-0.3, -0.25) is 4.79 Å². The summed E-state index contributed by atoms with van der Waals surface area (Å²) in [6.07, 6.45) is 0.804. The number of likely N-dealkylation sites (tertiary alicyclic amines) is 1. The van der Waals surface area contributed by atoms with Crippen LogP contribution in [0.1, 0.15) is 12.8 Å². The van der Waals surface area contributed by atoms with E-state index in [0.29, 0.717) is 43.2 Å². The van der Waals surface area contributed by atoms with Crippen molar-refractivity contribution in [2.24, 2.45) is 0 Å². The number of sulfone groups is 1. The third-order valence-corrected chi connectivity index (χ3v) is 7.30. The summed E-state index contributed by atoms with van der Waals surface area (Å²) in [6, 6.07) is 13.4. The summed E-state index contributed by atoms with van der Waals surface area (Å²) in [6.45, 7) is 0.684. The van der Waals surface area contributed by atoms with E-state index in [1.54, 1.807) is 60.5 Å². The molecule has 1 saturated heterocycles. The second kappa shape index (κ2) is 9.17. The molecule has 3 rings (SSSR count). The Hall–Kier alpha value is -2.74. The number of ether oxygens (including phenoxy) is 3. The normalized spacial score (nSPS) is 15.0. The molecule has 0 atom stereocenters. The summed E-state index contributed by atoms with van der Waals surface area (Å²) < 4.78 is 41.5. The van der Waals surface area contributed by atoms with Gasteiger partial charge in [0.2, 0.25) is 0 Å². The second-order valence-corrected chi connectivity index (χ2v) is 9.00. The highest BCUT2D eigenvalue weighted by Gasteiger charge is 2.32. The minimum atomic E-state index is -3.44. The van der Waals surface area contributed by atoms with Gasteiger partial charge in [0.25, 0.3) is 5.91 Å². The lowest BCUT2D eigenvalue weighted by Gasteiger charge is -2.31. The van der Waals surface area contributed by atoms with Gasteiger partial charge in [-0.1, -0.05) is 6.07 Å². The van der Waals surface area contributed by atoms with E-state index in [4.69, 9.17) is 14.2 Å². The average Bonchev–Trinajstić information content (AvgIpc) is 2.77. The van der Waals surface area contributed by atoms with Crippen LogP contribution in [0, 0.1) is 0 Å². The average molecular weight is 419 g/mol. The maximum absolute atomic E-state index is 12.9. The Kier molecular flexibility index (Phi) is 6.64. The second-order valence-electron chi connectivity index (χ2n) is 6.77. The van der Waals surface area contributed by atoms with E-state index < -0.39 is 15.1 Å². The van der Waals surface area contributed by atoms with E-state index in [-0.39, 0.29) is 17.4 Å². The van der Waals surface area contributed by atoms with E-state index in [1.807, 2.05) is 0 Å². The van der Waals surface area contributed by atoms with Crippen molar-refractivity contribution in [3.05, 3.63) is 48.5 Å². The molecule has 1 fully saturated rings. The van der Waals surface area contributed by atoms with Gasteiger partial charge < -0.3 is 19.1 Å². The highest BCUT2D eigenvalue weighted by Crippen LogP contribution is 2.26. The van der Waals surface area contributed by atoms with Gasteiger partial charge in [-0.05, 0) is 49.2 Å². The molecule has 2 aromatic carbocycles. The van der Waals surface area contributed by atoms with E-state index in [9.17, 15) is 13.2 Å². The van der Waals surface area contributed by atoms with Gasteiger partial charge in [-0.25, -0.2) is 8.42 Å². The van der Waals surface area contributed by atoms with Crippen molar-refractivity contribution < 1.29 is 27.4 Å². The van der Waals surface area contributed by atoms with Gasteiger partial charge in [-0.15, -0.1) is 0 Å². The van der Waals surface area contributed by atoms with Crippen molar-refractivity contribution in [1.29, 1.82) is 0 Å². The van der Waals surface area contributed by atoms with Crippen LogP contribution in [0.15, 0.2) is 53.4 Å². The molecule has 0 saturated carbocycles. The highest BCUT2D eigenvalue weighted by atomic mass is 32.2. The number of amides is 1. The molecule has 0 aromatic heterocycles. The fourth-order valence-corrected chi connectivity index (χ4v) is 5.03. The van der Waals surface area contributed by atoms with Gasteiger partial charge in [0.05, 0.1) is 24.4 Å². The van der Waals surface area contributed by atoms with Crippen LogP contribution in [0.4, 0.5) is 0 Å². The first kappa shape index (κ1) is 21.0. The molecule has 29 heavy (non-hydrogen) atoms. The molecule has 2 aromatic rings. The predicted molar refractivity (Wildman–Crippen MR) is 108 cm³/mol. The van der Waals surface area contributed by atoms with Crippen molar-refractivity contribution in [3.63, 3.8) is 0 Å². The first-order valence-electron chi connectivity index (χ1n) is 9.36. The van der Waals surface area contributed by atoms with Crippen molar-refractivity contribution in [2.75, 3.05) is 33.9 Å². The molecule has 1 heterocycles. The van der Waals surface area contributed by atoms with Crippen LogP contribution in [-0.2, 0) is 14.6 Å². The molecule has 0 bridgehead atoms. The molecular formula is C21H25NO6S. The van der Waals surface area contributed by atoms with E-state index in [0.717, 1.165) is 0 Å². The third kappa shape index (κ3) is 5.00. The quantitative estimate of drug-likeness (QED) is 0.686. The molecular weight excluding hydrogens is 394 g/mol. The Labute approximate surface area is 171 Å². The molecule has 0 aliphatic carbocycles. The number of hydrogen-bond acceptors (Lipinski definition) is 6. The number of piperidine rings is 1. The fourth-order valence-electron chi connectivity index (χ4n) is 3.30. The molecule has 0 N–H and O–H groups in total. The zero-order valence-corrected chi connectivity index (χ0v) is 17.4. The van der Waals surface area contributed by atoms with Crippen LogP contribution >= 0.6 is 0 Å². The number of methoxy groups -OCH3 is 2. The molecule has 0 spiro atoms. The van der Waals surface area contributed by atoms with Gasteiger partial charge >= 0.3 is 0 Å². The van der Waals surface area contributed by atoms with Crippen molar-refractivity contribution in [2.45, 2.75) is 23.0 Å². The molecule has 7 nitrogen and oxygen atoms in total. The molecule has 8 heteroatoms. The number of benzene rings is 2. The summed E-state index contributed by atoms with van der Waals surface area (Å²) >= 11 is 0. The lowest BCUT2D eigenvalue weighted by molar-refractivity contribution is -0.134. The van der Waals surface area contributed by atoms with Crippen LogP contribution in [0.3, 0.4) is 0 Å². The smallest absolute Gasteiger partial charge is 0.260 e. The number of carbonyl (C=O) groups is 1. The maximum Gasteiger partial charge on any atom is 0.260 e. The highest BCUT2D eigenvalue weighted by molar-refractivity contribution is 7.92. The van der Waals surface area contributed by atoms with Crippen molar-refractivity contribution in [1.82, 2.24) is 4.90 Å². The van der Waals surface area contributed by atoms with Crippen LogP contribution < -0.4 is 14.2 Å². The van der Waals surface area contributed by atoms with Crippen molar-refractivity contribution >= 4 is 15.7 Å². The van der Waals surface area contributed by atoms with Crippen LogP contribution in [0.5, 0.6) is 17.2 Å². The minimum Gasteiger partial charge on any atom is -0.497 e. The van der Waals surface area contributed by atoms with Gasteiger partial charge in [0.15, 0.2) is 16.4 Å². The monoisotopic (exact) mass is 419 g/mol. The lowest BCUT2D eigenvalue weighted by atomic mass is 10.1. The topological polar surface area (TPSA) is 82.1 Å². The summed E-state index contributed by atoms with van der Waals surface area (Å²) in [5, 5.41) is -0.501. The van der Waals surface area contributed by atoms with Gasteiger partial charge in [0, 0.05) is 19.2 Å². The lowest BCUT2D eigenvalue weighted by Crippen LogP contribution is -2.44. The zero-order valence-electron chi connectivity index (χ0n) is 16.5. The summed E-state index contributed by atoms with van der Waals surface area (Å²) in [4.78, 5) is 14.4. The Balaban J connectivity index is 1.54. The van der Waals surface area contributed by atoms with E-state index in [1.165, 1.54) is 7.11 Å². The summed E-state index contributed by atoms with van der Waals surface area (Å²) in [7, 11) is -0.338. The molecule has 156 valence electrons. The summed E-state index contributed by atoms with van der Waals surface area (Å²) in [5.41, 5.74) is 0. The van der Waals surface area contributed by atoms with Crippen molar-refractivity contribution in [3.8, 4) is 17.2 Å². The molecule has 0 radical (unpaired) electrons. The Morgan fingerprint density at radius 3 is 2.21 bits per heavy atom. The first-order valence-corrected chi connectivity index (χ1v) is 10.9. The Morgan fingerprint density at radius 1 is 0.966 bits per heavy atom. The number of hydrogen-bond donors (Lipinski definition) is 0. The fraction of sp³-hybridized carbons (Fsp3) is 0.381. The molecule has 1 amide bonds. The van der Waals surface area contributed by atoms with Gasteiger partial charge in [0.1, 0.15) is 17.2 Å². The molecule has 0 unspecified atom stereocenters. The van der Waals surface area contributed by atoms with Crippen LogP contribution in [0.25, 0.3) is 0 Å². The molecule has 1 aliphatic heterocycles. The standard InChI is InChI=1S/C21H25NO6S/c1-26-16-6-8-19(9-7-16)29(24,25)20-10-12-22(13-11-20)21(23)15-28-18-5-3-4-17(14-18)27-2/h3-9,14,20H,10-13,15H2,1-2H3. The minimum absolute atomic E-state index is 0.0942. The Morgan fingerprint density at radius 2 is 1.59 bits per heavy atom. The maximum atomic E-state index is 12.9. The van der Waals surface area contributed by atoms with E-state index in [2.05, 4.69) is 0 Å². The SMILES string of the molecule is COc1ccc(S(=O)(=O)C2CCN(C(=O)COc3cccc(OC)c3)CC2)cc1.